The van der Waals surface area contributed by atoms with Crippen molar-refractivity contribution in [2.75, 3.05) is 26.2 Å². The summed E-state index contributed by atoms with van der Waals surface area (Å²) in [6, 6.07) is 7.84. The molecule has 1 amide bonds. The van der Waals surface area contributed by atoms with Gasteiger partial charge in [0.05, 0.1) is 0 Å². The molecule has 1 saturated heterocycles. The first-order valence-corrected chi connectivity index (χ1v) is 8.05. The third-order valence-corrected chi connectivity index (χ3v) is 4.04. The second-order valence-electron chi connectivity index (χ2n) is 5.95. The van der Waals surface area contributed by atoms with Crippen LogP contribution in [0, 0.1) is 17.8 Å². The molecule has 1 aliphatic heterocycles. The van der Waals surface area contributed by atoms with Gasteiger partial charge in [0.15, 0.2) is 0 Å². The number of aliphatic hydroxyl groups excluding tert-OH is 1. The number of halogens is 2. The molecule has 130 valence electrons. The van der Waals surface area contributed by atoms with E-state index in [1.807, 2.05) is 24.3 Å². The SMILES string of the molecule is O=C(NC[C@H]1CCCN(Cc2ccc(C#CCO)cc2)C1)C(F)F. The molecule has 1 aliphatic rings. The largest absolute Gasteiger partial charge is 0.384 e. The van der Waals surface area contributed by atoms with E-state index in [2.05, 4.69) is 22.1 Å². The first-order chi connectivity index (χ1) is 11.6. The van der Waals surface area contributed by atoms with Crippen LogP contribution in [0.4, 0.5) is 8.78 Å². The number of nitrogens with one attached hydrogen (secondary N) is 1. The molecule has 1 fully saturated rings. The van der Waals surface area contributed by atoms with Gasteiger partial charge in [-0.1, -0.05) is 24.0 Å². The normalized spacial score (nSPS) is 18.1. The fraction of sp³-hybridized carbons (Fsp3) is 0.500. The second-order valence-corrected chi connectivity index (χ2v) is 5.95. The quantitative estimate of drug-likeness (QED) is 0.804. The fourth-order valence-corrected chi connectivity index (χ4v) is 2.88. The number of piperidine rings is 1. The lowest BCUT2D eigenvalue weighted by molar-refractivity contribution is -0.132. The van der Waals surface area contributed by atoms with Crippen molar-refractivity contribution >= 4 is 5.91 Å². The van der Waals surface area contributed by atoms with E-state index in [0.717, 1.165) is 43.6 Å². The van der Waals surface area contributed by atoms with Crippen molar-refractivity contribution in [1.29, 1.82) is 0 Å². The van der Waals surface area contributed by atoms with E-state index in [4.69, 9.17) is 5.11 Å². The van der Waals surface area contributed by atoms with Crippen LogP contribution < -0.4 is 5.32 Å². The average Bonchev–Trinajstić information content (AvgIpc) is 2.59. The van der Waals surface area contributed by atoms with Gasteiger partial charge in [-0.2, -0.15) is 8.78 Å². The van der Waals surface area contributed by atoms with Crippen molar-refractivity contribution < 1.29 is 18.7 Å². The molecular formula is C18H22F2N2O2. The molecule has 1 heterocycles. The lowest BCUT2D eigenvalue weighted by atomic mass is 9.97. The highest BCUT2D eigenvalue weighted by Gasteiger charge is 2.22. The summed E-state index contributed by atoms with van der Waals surface area (Å²) in [6.45, 7) is 2.68. The smallest absolute Gasteiger partial charge is 0.315 e. The third-order valence-electron chi connectivity index (χ3n) is 4.04. The van der Waals surface area contributed by atoms with E-state index in [1.165, 1.54) is 0 Å². The zero-order valence-corrected chi connectivity index (χ0v) is 13.5. The molecule has 0 saturated carbocycles. The van der Waals surface area contributed by atoms with Crippen LogP contribution in [-0.2, 0) is 11.3 Å². The van der Waals surface area contributed by atoms with E-state index in [0.29, 0.717) is 6.54 Å². The van der Waals surface area contributed by atoms with Crippen molar-refractivity contribution in [1.82, 2.24) is 10.2 Å². The molecule has 0 aromatic heterocycles. The Labute approximate surface area is 140 Å². The van der Waals surface area contributed by atoms with Gasteiger partial charge in [-0.3, -0.25) is 9.69 Å². The summed E-state index contributed by atoms with van der Waals surface area (Å²) in [4.78, 5) is 13.2. The van der Waals surface area contributed by atoms with Crippen LogP contribution in [0.3, 0.4) is 0 Å². The minimum absolute atomic E-state index is 0.154. The van der Waals surface area contributed by atoms with E-state index in [1.54, 1.807) is 0 Å². The van der Waals surface area contributed by atoms with Gasteiger partial charge in [-0.15, -0.1) is 0 Å². The van der Waals surface area contributed by atoms with E-state index in [9.17, 15) is 13.6 Å². The lowest BCUT2D eigenvalue weighted by Crippen LogP contribution is -2.41. The summed E-state index contributed by atoms with van der Waals surface area (Å²) in [5.74, 6) is 4.48. The minimum atomic E-state index is -2.95. The molecule has 0 radical (unpaired) electrons. The summed E-state index contributed by atoms with van der Waals surface area (Å²) in [5, 5.41) is 11.0. The minimum Gasteiger partial charge on any atom is -0.384 e. The van der Waals surface area contributed by atoms with Gasteiger partial charge in [-0.05, 0) is 43.0 Å². The van der Waals surface area contributed by atoms with E-state index in [-0.39, 0.29) is 12.5 Å². The predicted molar refractivity (Wildman–Crippen MR) is 87.4 cm³/mol. The molecular weight excluding hydrogens is 314 g/mol. The van der Waals surface area contributed by atoms with Crippen LogP contribution in [0.5, 0.6) is 0 Å². The highest BCUT2D eigenvalue weighted by atomic mass is 19.3. The highest BCUT2D eigenvalue weighted by molar-refractivity contribution is 5.79. The lowest BCUT2D eigenvalue weighted by Gasteiger charge is -2.32. The van der Waals surface area contributed by atoms with Gasteiger partial charge in [0, 0.05) is 25.2 Å². The van der Waals surface area contributed by atoms with E-state index >= 15 is 0 Å². The van der Waals surface area contributed by atoms with Crippen LogP contribution in [0.1, 0.15) is 24.0 Å². The number of alkyl halides is 2. The Balaban J connectivity index is 1.83. The van der Waals surface area contributed by atoms with Gasteiger partial charge in [0.2, 0.25) is 0 Å². The summed E-state index contributed by atoms with van der Waals surface area (Å²) < 4.78 is 24.4. The molecule has 6 heteroatoms. The molecule has 4 nitrogen and oxygen atoms in total. The molecule has 2 rings (SSSR count). The Morgan fingerprint density at radius 3 is 2.79 bits per heavy atom. The standard InChI is InChI=1S/C18H22F2N2O2/c19-17(20)18(24)21-11-16-3-1-9-22(13-16)12-15-7-5-14(6-8-15)4-2-10-23/h5-8,16-17,23H,1,3,9-13H2,(H,21,24)/t16-/m1/s1. The molecule has 0 unspecified atom stereocenters. The number of amides is 1. The summed E-state index contributed by atoms with van der Waals surface area (Å²) in [6.07, 6.45) is -1.01. The number of hydrogen-bond donors (Lipinski definition) is 2. The number of carbonyl (C=O) groups excluding carboxylic acids is 1. The number of rotatable bonds is 5. The maximum absolute atomic E-state index is 12.2. The summed E-state index contributed by atoms with van der Waals surface area (Å²) in [5.41, 5.74) is 2.01. The first-order valence-electron chi connectivity index (χ1n) is 8.05. The topological polar surface area (TPSA) is 52.6 Å². The number of hydrogen-bond acceptors (Lipinski definition) is 3. The first kappa shape index (κ1) is 18.4. The Morgan fingerprint density at radius 1 is 1.38 bits per heavy atom. The van der Waals surface area contributed by atoms with Gasteiger partial charge in [0.25, 0.3) is 5.91 Å². The molecule has 1 atom stereocenters. The van der Waals surface area contributed by atoms with Crippen LogP contribution in [0.25, 0.3) is 0 Å². The molecule has 0 aliphatic carbocycles. The number of aliphatic hydroxyl groups is 1. The van der Waals surface area contributed by atoms with E-state index < -0.39 is 12.3 Å². The monoisotopic (exact) mass is 336 g/mol. The summed E-state index contributed by atoms with van der Waals surface area (Å²) in [7, 11) is 0. The molecule has 1 aromatic carbocycles. The zero-order chi connectivity index (χ0) is 17.4. The summed E-state index contributed by atoms with van der Waals surface area (Å²) >= 11 is 0. The van der Waals surface area contributed by atoms with Gasteiger partial charge in [0.1, 0.15) is 6.61 Å². The number of benzene rings is 1. The van der Waals surface area contributed by atoms with Crippen LogP contribution in [0.2, 0.25) is 0 Å². The third kappa shape index (κ3) is 5.91. The molecule has 0 spiro atoms. The predicted octanol–water partition coefficient (Wildman–Crippen LogP) is 1.62. The fourth-order valence-electron chi connectivity index (χ4n) is 2.88. The Kier molecular flexibility index (Phi) is 7.16. The van der Waals surface area contributed by atoms with Gasteiger partial charge < -0.3 is 10.4 Å². The van der Waals surface area contributed by atoms with Crippen LogP contribution in [0.15, 0.2) is 24.3 Å². The van der Waals surface area contributed by atoms with Crippen LogP contribution in [-0.4, -0.2) is 48.6 Å². The van der Waals surface area contributed by atoms with Crippen molar-refractivity contribution in [2.45, 2.75) is 25.8 Å². The maximum atomic E-state index is 12.2. The highest BCUT2D eigenvalue weighted by Crippen LogP contribution is 2.18. The van der Waals surface area contributed by atoms with Crippen molar-refractivity contribution in [3.8, 4) is 11.8 Å². The van der Waals surface area contributed by atoms with Crippen molar-refractivity contribution in [2.24, 2.45) is 5.92 Å². The van der Waals surface area contributed by atoms with Gasteiger partial charge >= 0.3 is 6.43 Å². The molecule has 1 aromatic rings. The number of likely N-dealkylation sites (tertiary alicyclic amines) is 1. The Bertz CT molecular complexity index is 593. The molecule has 0 bridgehead atoms. The Morgan fingerprint density at radius 2 is 2.12 bits per heavy atom. The van der Waals surface area contributed by atoms with Gasteiger partial charge in [-0.25, -0.2) is 0 Å². The second kappa shape index (κ2) is 9.36. The van der Waals surface area contributed by atoms with Crippen molar-refractivity contribution in [3.63, 3.8) is 0 Å². The van der Waals surface area contributed by atoms with Crippen LogP contribution >= 0.6 is 0 Å². The number of nitrogens with zero attached hydrogens (tertiary/aromatic N) is 1. The zero-order valence-electron chi connectivity index (χ0n) is 13.5. The molecule has 24 heavy (non-hydrogen) atoms. The number of carbonyl (C=O) groups is 1. The maximum Gasteiger partial charge on any atom is 0.315 e. The average molecular weight is 336 g/mol. The molecule has 2 N–H and O–H groups in total. The van der Waals surface area contributed by atoms with Crippen molar-refractivity contribution in [3.05, 3.63) is 35.4 Å². The Hall–Kier alpha value is -1.97.